The van der Waals surface area contributed by atoms with E-state index in [9.17, 15) is 21.6 Å². The van der Waals surface area contributed by atoms with Gasteiger partial charge in [-0.2, -0.15) is 0 Å². The van der Waals surface area contributed by atoms with Gasteiger partial charge in [0.25, 0.3) is 0 Å². The zero-order chi connectivity index (χ0) is 29.5. The van der Waals surface area contributed by atoms with Crippen molar-refractivity contribution in [1.82, 2.24) is 0 Å². The molecule has 2 aliphatic rings. The number of sulfone groups is 2. The molecule has 0 saturated heterocycles. The van der Waals surface area contributed by atoms with Gasteiger partial charge in [0.1, 0.15) is 0 Å². The van der Waals surface area contributed by atoms with E-state index in [1.165, 1.54) is 11.6 Å². The van der Waals surface area contributed by atoms with E-state index in [0.29, 0.717) is 28.2 Å². The predicted octanol–water partition coefficient (Wildman–Crippen LogP) is 6.73. The number of hydrogen-bond acceptors (Lipinski definition) is 5. The van der Waals surface area contributed by atoms with Crippen LogP contribution in [0.3, 0.4) is 0 Å². The molecule has 0 aromatic heterocycles. The molecule has 6 rings (SSSR count). The van der Waals surface area contributed by atoms with Crippen molar-refractivity contribution in [1.29, 1.82) is 0 Å². The summed E-state index contributed by atoms with van der Waals surface area (Å²) >= 11 is 0. The standard InChI is InChI=1S/C17H16O3S.C17H18O2S.Hg.Zn/c1-3-11-9-12(4-2)17-14(10-11)16(18)13-7-5-6-8-15(13)21(17,19)20;1-3-12-9-13(4-2)17-15(10-12)11-14-7-5-6-8-16(14)20(17,18)19;;/h5-10H,3-4H2,1-2H3;5-10H,3-4,11H2,1-2H3;;. The van der Waals surface area contributed by atoms with Crippen LogP contribution < -0.4 is 0 Å². The van der Waals surface area contributed by atoms with Crippen LogP contribution in [-0.2, 0) is 98.9 Å². The first-order valence-electron chi connectivity index (χ1n) is 14.1. The Bertz CT molecular complexity index is 1920. The minimum atomic E-state index is -3.62. The summed E-state index contributed by atoms with van der Waals surface area (Å²) in [5, 5.41) is 0. The first-order chi connectivity index (χ1) is 19.6. The fourth-order valence-corrected chi connectivity index (χ4v) is 9.75. The molecule has 4 aromatic carbocycles. The van der Waals surface area contributed by atoms with Crippen molar-refractivity contribution in [2.45, 2.75) is 79.4 Å². The molecule has 0 atom stereocenters. The summed E-state index contributed by atoms with van der Waals surface area (Å²) in [5.41, 5.74) is 6.37. The molecule has 0 aliphatic carbocycles. The zero-order valence-corrected chi connectivity index (χ0v) is 35.3. The second-order valence-electron chi connectivity index (χ2n) is 10.4. The molecule has 0 amide bonds. The van der Waals surface area contributed by atoms with Gasteiger partial charge in [-0.1, -0.05) is 76.2 Å². The van der Waals surface area contributed by atoms with Crippen molar-refractivity contribution < 1.29 is 68.8 Å². The Morgan fingerprint density at radius 1 is 0.581 bits per heavy atom. The van der Waals surface area contributed by atoms with Crippen molar-refractivity contribution >= 4 is 25.5 Å². The normalized spacial score (nSPS) is 14.7. The molecule has 0 bridgehead atoms. The van der Waals surface area contributed by atoms with E-state index in [1.54, 1.807) is 36.4 Å². The smallest absolute Gasteiger partial charge is 0.208 e. The number of rotatable bonds is 4. The number of carbonyl (C=O) groups is 1. The molecular formula is C34H34HgO5S2Zn. The third kappa shape index (κ3) is 6.27. The minimum Gasteiger partial charge on any atom is -0.289 e. The van der Waals surface area contributed by atoms with Gasteiger partial charge in [0.15, 0.2) is 5.78 Å². The van der Waals surface area contributed by atoms with E-state index in [1.807, 2.05) is 45.0 Å². The third-order valence-corrected chi connectivity index (χ3v) is 11.9. The molecule has 2 heterocycles. The van der Waals surface area contributed by atoms with Crippen LogP contribution in [0.1, 0.15) is 77.0 Å². The first kappa shape index (κ1) is 35.5. The number of aryl methyl sites for hydroxylation is 4. The van der Waals surface area contributed by atoms with E-state index < -0.39 is 19.7 Å². The Morgan fingerprint density at radius 3 is 1.70 bits per heavy atom. The number of carbonyl (C=O) groups excluding carboxylic acids is 1. The van der Waals surface area contributed by atoms with Crippen LogP contribution in [-0.4, -0.2) is 22.6 Å². The summed E-state index contributed by atoms with van der Waals surface area (Å²) in [7, 11) is -6.99. The second kappa shape index (κ2) is 14.0. The zero-order valence-electron chi connectivity index (χ0n) is 25.2. The fraction of sp³-hybridized carbons (Fsp3) is 0.265. The molecule has 4 aromatic rings. The monoisotopic (exact) mass is 852 g/mol. The summed E-state index contributed by atoms with van der Waals surface area (Å²) in [5.74, 6) is -0.194. The van der Waals surface area contributed by atoms with Gasteiger partial charge in [-0.15, -0.1) is 0 Å². The Labute approximate surface area is 288 Å². The number of benzene rings is 4. The van der Waals surface area contributed by atoms with Crippen LogP contribution in [0.4, 0.5) is 0 Å². The Kier molecular flexibility index (Phi) is 11.5. The number of ketones is 1. The minimum absolute atomic E-state index is 0. The van der Waals surface area contributed by atoms with Crippen LogP contribution >= 0.6 is 0 Å². The van der Waals surface area contributed by atoms with E-state index in [2.05, 4.69) is 13.0 Å². The van der Waals surface area contributed by atoms with Crippen LogP contribution in [0.5, 0.6) is 0 Å². The topological polar surface area (TPSA) is 85.3 Å². The van der Waals surface area contributed by atoms with Gasteiger partial charge < -0.3 is 0 Å². The van der Waals surface area contributed by atoms with Crippen molar-refractivity contribution in [3.63, 3.8) is 0 Å². The Balaban J connectivity index is 0.000000225. The quantitative estimate of drug-likeness (QED) is 0.184. The van der Waals surface area contributed by atoms with E-state index in [0.717, 1.165) is 47.1 Å². The summed E-state index contributed by atoms with van der Waals surface area (Å²) in [4.78, 5) is 14.0. The molecule has 0 spiro atoms. The average molecular weight is 853 g/mol. The molecule has 0 fully saturated rings. The van der Waals surface area contributed by atoms with E-state index in [4.69, 9.17) is 0 Å². The van der Waals surface area contributed by atoms with Gasteiger partial charge in [-0.3, -0.25) is 4.79 Å². The summed E-state index contributed by atoms with van der Waals surface area (Å²) in [6.45, 7) is 8.03. The molecule has 0 N–H and O–H groups in total. The molecule has 216 valence electrons. The maximum absolute atomic E-state index is 12.9. The van der Waals surface area contributed by atoms with Crippen LogP contribution in [0.15, 0.2) is 92.4 Å². The Hall–Kier alpha value is -1.99. The first-order valence-corrected chi connectivity index (χ1v) is 17.1. The van der Waals surface area contributed by atoms with Gasteiger partial charge in [0, 0.05) is 64.7 Å². The summed E-state index contributed by atoms with van der Waals surface area (Å²) in [6, 6.07) is 21.5. The van der Waals surface area contributed by atoms with E-state index in [-0.39, 0.29) is 68.3 Å². The van der Waals surface area contributed by atoms with Gasteiger partial charge in [-0.25, -0.2) is 16.8 Å². The summed E-state index contributed by atoms with van der Waals surface area (Å²) < 4.78 is 51.5. The average Bonchev–Trinajstić information content (AvgIpc) is 2.99. The van der Waals surface area contributed by atoms with E-state index >= 15 is 0 Å². The maximum atomic E-state index is 12.9. The molecular weight excluding hydrogens is 818 g/mol. The van der Waals surface area contributed by atoms with Gasteiger partial charge in [0.05, 0.1) is 19.6 Å². The molecule has 0 unspecified atom stereocenters. The van der Waals surface area contributed by atoms with Crippen molar-refractivity contribution in [2.24, 2.45) is 0 Å². The molecule has 5 nitrogen and oxygen atoms in total. The molecule has 0 radical (unpaired) electrons. The third-order valence-electron chi connectivity index (χ3n) is 7.95. The molecule has 0 saturated carbocycles. The Morgan fingerprint density at radius 2 is 1.09 bits per heavy atom. The summed E-state index contributed by atoms with van der Waals surface area (Å²) in [6.07, 6.45) is 3.76. The molecule has 43 heavy (non-hydrogen) atoms. The number of fused-ring (bicyclic) bond motifs is 4. The van der Waals surface area contributed by atoms with Crippen molar-refractivity contribution in [3.8, 4) is 0 Å². The second-order valence-corrected chi connectivity index (χ2v) is 14.1. The SMILES string of the molecule is CCc1cc(CC)c2c(c1)C(=O)c1ccccc1S2(=O)=O.CCc1cc(CC)c2c(c1)Cc1ccccc1S2(=O)=O.[Hg].[Zn]. The van der Waals surface area contributed by atoms with Gasteiger partial charge in [-0.05, 0) is 83.3 Å². The maximum Gasteiger partial charge on any atom is 0.208 e. The van der Waals surface area contributed by atoms with Gasteiger partial charge >= 0.3 is 0 Å². The van der Waals surface area contributed by atoms with Crippen molar-refractivity contribution in [2.75, 3.05) is 0 Å². The van der Waals surface area contributed by atoms with Crippen LogP contribution in [0.25, 0.3) is 0 Å². The van der Waals surface area contributed by atoms with Crippen molar-refractivity contribution in [3.05, 3.63) is 117 Å². The predicted molar refractivity (Wildman–Crippen MR) is 160 cm³/mol. The van der Waals surface area contributed by atoms with Crippen LogP contribution in [0.2, 0.25) is 0 Å². The fourth-order valence-electron chi connectivity index (χ4n) is 5.85. The van der Waals surface area contributed by atoms with Gasteiger partial charge in [0.2, 0.25) is 19.7 Å². The number of hydrogen-bond donors (Lipinski definition) is 0. The van der Waals surface area contributed by atoms with Crippen LogP contribution in [0, 0.1) is 0 Å². The molecule has 9 heteroatoms. The largest absolute Gasteiger partial charge is 0.289 e. The molecule has 2 aliphatic heterocycles.